The van der Waals surface area contributed by atoms with Crippen LogP contribution in [0.4, 0.5) is 0 Å². The number of ether oxygens (including phenoxy) is 1. The summed E-state index contributed by atoms with van der Waals surface area (Å²) >= 11 is 0. The van der Waals surface area contributed by atoms with Gasteiger partial charge in [0.25, 0.3) is 10.2 Å². The van der Waals surface area contributed by atoms with Crippen molar-refractivity contribution in [2.24, 2.45) is 0 Å². The molecular formula is C8H20N2O3S. The lowest BCUT2D eigenvalue weighted by Crippen LogP contribution is -2.37. The van der Waals surface area contributed by atoms with Gasteiger partial charge in [0.2, 0.25) is 0 Å². The number of methoxy groups -OCH3 is 1. The van der Waals surface area contributed by atoms with Crippen molar-refractivity contribution in [2.75, 3.05) is 26.8 Å². The maximum atomic E-state index is 11.2. The quantitative estimate of drug-likeness (QED) is 0.552. The Labute approximate surface area is 86.4 Å². The van der Waals surface area contributed by atoms with Gasteiger partial charge >= 0.3 is 0 Å². The molecule has 86 valence electrons. The lowest BCUT2D eigenvalue weighted by Gasteiger charge is -2.06. The molecule has 0 aromatic rings. The summed E-state index contributed by atoms with van der Waals surface area (Å²) in [7, 11) is -1.64. The number of hydrogen-bond acceptors (Lipinski definition) is 3. The van der Waals surface area contributed by atoms with Crippen molar-refractivity contribution >= 4 is 10.2 Å². The van der Waals surface area contributed by atoms with E-state index in [-0.39, 0.29) is 0 Å². The van der Waals surface area contributed by atoms with Gasteiger partial charge in [0.05, 0.1) is 0 Å². The van der Waals surface area contributed by atoms with E-state index in [4.69, 9.17) is 4.74 Å². The molecule has 0 unspecified atom stereocenters. The highest BCUT2D eigenvalue weighted by Gasteiger charge is 2.05. The molecule has 0 aromatic carbocycles. The van der Waals surface area contributed by atoms with Gasteiger partial charge in [-0.05, 0) is 19.3 Å². The van der Waals surface area contributed by atoms with Gasteiger partial charge in [-0.3, -0.25) is 0 Å². The van der Waals surface area contributed by atoms with E-state index in [0.717, 1.165) is 19.3 Å². The average molecular weight is 224 g/mol. The summed E-state index contributed by atoms with van der Waals surface area (Å²) in [6.07, 6.45) is 2.46. The summed E-state index contributed by atoms with van der Waals surface area (Å²) in [4.78, 5) is 0. The Kier molecular flexibility index (Phi) is 8.07. The molecule has 0 rings (SSSR count). The Morgan fingerprint density at radius 2 is 1.79 bits per heavy atom. The van der Waals surface area contributed by atoms with Gasteiger partial charge in [0, 0.05) is 26.8 Å². The molecule has 0 spiro atoms. The Bertz CT molecular complexity index is 217. The summed E-state index contributed by atoms with van der Waals surface area (Å²) in [6.45, 7) is 3.53. The Balaban J connectivity index is 3.46. The van der Waals surface area contributed by atoms with Crippen LogP contribution in [0.15, 0.2) is 0 Å². The van der Waals surface area contributed by atoms with E-state index in [9.17, 15) is 8.42 Å². The van der Waals surface area contributed by atoms with Crippen molar-refractivity contribution < 1.29 is 13.2 Å². The zero-order chi connectivity index (χ0) is 10.9. The molecule has 0 aromatic heterocycles. The first-order valence-corrected chi connectivity index (χ1v) is 6.34. The fourth-order valence-corrected chi connectivity index (χ4v) is 1.85. The highest BCUT2D eigenvalue weighted by molar-refractivity contribution is 7.87. The van der Waals surface area contributed by atoms with Crippen molar-refractivity contribution in [3.63, 3.8) is 0 Å². The van der Waals surface area contributed by atoms with E-state index in [2.05, 4.69) is 9.44 Å². The van der Waals surface area contributed by atoms with Crippen LogP contribution in [0.2, 0.25) is 0 Å². The van der Waals surface area contributed by atoms with E-state index in [0.29, 0.717) is 19.7 Å². The largest absolute Gasteiger partial charge is 0.385 e. The van der Waals surface area contributed by atoms with E-state index in [1.165, 1.54) is 0 Å². The first kappa shape index (κ1) is 13.8. The molecule has 0 atom stereocenters. The minimum absolute atomic E-state index is 0.461. The van der Waals surface area contributed by atoms with E-state index in [1.54, 1.807) is 7.11 Å². The molecule has 0 saturated heterocycles. The molecule has 6 heteroatoms. The van der Waals surface area contributed by atoms with Crippen LogP contribution in [0.25, 0.3) is 0 Å². The molecule has 0 saturated carbocycles. The second kappa shape index (κ2) is 8.16. The monoisotopic (exact) mass is 224 g/mol. The zero-order valence-electron chi connectivity index (χ0n) is 8.88. The SMILES string of the molecule is CCCNS(=O)(=O)NCCCCOC. The minimum Gasteiger partial charge on any atom is -0.385 e. The molecule has 0 amide bonds. The maximum Gasteiger partial charge on any atom is 0.276 e. The molecule has 0 bridgehead atoms. The predicted molar refractivity (Wildman–Crippen MR) is 56.3 cm³/mol. The van der Waals surface area contributed by atoms with Crippen LogP contribution in [0.5, 0.6) is 0 Å². The van der Waals surface area contributed by atoms with Crippen molar-refractivity contribution in [3.05, 3.63) is 0 Å². The van der Waals surface area contributed by atoms with E-state index >= 15 is 0 Å². The highest BCUT2D eigenvalue weighted by atomic mass is 32.2. The summed E-state index contributed by atoms with van der Waals surface area (Å²) in [6, 6.07) is 0. The first-order valence-electron chi connectivity index (χ1n) is 4.85. The number of nitrogens with one attached hydrogen (secondary N) is 2. The van der Waals surface area contributed by atoms with Crippen LogP contribution in [0, 0.1) is 0 Å². The molecular weight excluding hydrogens is 204 g/mol. The number of rotatable bonds is 9. The third-order valence-corrected chi connectivity index (χ3v) is 2.78. The van der Waals surface area contributed by atoms with E-state index in [1.807, 2.05) is 6.92 Å². The zero-order valence-corrected chi connectivity index (χ0v) is 9.69. The van der Waals surface area contributed by atoms with Crippen LogP contribution >= 0.6 is 0 Å². The normalized spacial score (nSPS) is 11.9. The summed E-state index contributed by atoms with van der Waals surface area (Å²) < 4.78 is 32.1. The van der Waals surface area contributed by atoms with Crippen LogP contribution in [-0.4, -0.2) is 35.2 Å². The molecule has 5 nitrogen and oxygen atoms in total. The van der Waals surface area contributed by atoms with Gasteiger partial charge in [0.15, 0.2) is 0 Å². The second-order valence-electron chi connectivity index (χ2n) is 2.99. The number of hydrogen-bond donors (Lipinski definition) is 2. The van der Waals surface area contributed by atoms with Gasteiger partial charge in [-0.1, -0.05) is 6.92 Å². The smallest absolute Gasteiger partial charge is 0.276 e. The minimum atomic E-state index is -3.27. The lowest BCUT2D eigenvalue weighted by atomic mass is 10.3. The summed E-state index contributed by atoms with van der Waals surface area (Å²) in [5.74, 6) is 0. The van der Waals surface area contributed by atoms with Crippen molar-refractivity contribution in [1.29, 1.82) is 0 Å². The highest BCUT2D eigenvalue weighted by Crippen LogP contribution is 1.88. The van der Waals surface area contributed by atoms with Gasteiger partial charge in [-0.2, -0.15) is 8.42 Å². The molecule has 2 N–H and O–H groups in total. The molecule has 0 aliphatic carbocycles. The fourth-order valence-electron chi connectivity index (χ4n) is 0.865. The van der Waals surface area contributed by atoms with Gasteiger partial charge in [-0.15, -0.1) is 0 Å². The maximum absolute atomic E-state index is 11.2. The molecule has 0 aliphatic heterocycles. The summed E-state index contributed by atoms with van der Waals surface area (Å²) in [5.41, 5.74) is 0. The molecule has 0 aliphatic rings. The Morgan fingerprint density at radius 1 is 1.14 bits per heavy atom. The fraction of sp³-hybridized carbons (Fsp3) is 1.00. The van der Waals surface area contributed by atoms with Gasteiger partial charge in [-0.25, -0.2) is 9.44 Å². The van der Waals surface area contributed by atoms with Crippen molar-refractivity contribution in [3.8, 4) is 0 Å². The third kappa shape index (κ3) is 8.43. The molecule has 0 heterocycles. The van der Waals surface area contributed by atoms with E-state index < -0.39 is 10.2 Å². The predicted octanol–water partition coefficient (Wildman–Crippen LogP) is 0.247. The first-order chi connectivity index (χ1) is 6.62. The number of unbranched alkanes of at least 4 members (excludes halogenated alkanes) is 1. The Morgan fingerprint density at radius 3 is 2.36 bits per heavy atom. The standard InChI is InChI=1S/C8H20N2O3S/c1-3-6-9-14(11,12)10-7-4-5-8-13-2/h9-10H,3-8H2,1-2H3. The molecule has 0 radical (unpaired) electrons. The summed E-state index contributed by atoms with van der Waals surface area (Å²) in [5, 5.41) is 0. The van der Waals surface area contributed by atoms with Crippen LogP contribution < -0.4 is 9.44 Å². The van der Waals surface area contributed by atoms with Crippen LogP contribution in [0.3, 0.4) is 0 Å². The lowest BCUT2D eigenvalue weighted by molar-refractivity contribution is 0.193. The van der Waals surface area contributed by atoms with Gasteiger partial charge in [0.1, 0.15) is 0 Å². The molecule has 14 heavy (non-hydrogen) atoms. The van der Waals surface area contributed by atoms with Crippen molar-refractivity contribution in [1.82, 2.24) is 9.44 Å². The average Bonchev–Trinajstić information content (AvgIpc) is 2.15. The van der Waals surface area contributed by atoms with Crippen LogP contribution in [-0.2, 0) is 14.9 Å². The van der Waals surface area contributed by atoms with Gasteiger partial charge < -0.3 is 4.74 Å². The van der Waals surface area contributed by atoms with Crippen molar-refractivity contribution in [2.45, 2.75) is 26.2 Å². The Hall–Kier alpha value is -0.170. The topological polar surface area (TPSA) is 67.4 Å². The van der Waals surface area contributed by atoms with Crippen LogP contribution in [0.1, 0.15) is 26.2 Å². The molecule has 0 fully saturated rings. The second-order valence-corrected chi connectivity index (χ2v) is 4.58. The third-order valence-electron chi connectivity index (χ3n) is 1.61.